The number of nitrogens with zero attached hydrogens (tertiary/aromatic N) is 5. The van der Waals surface area contributed by atoms with E-state index in [0.717, 1.165) is 50.0 Å². The Labute approximate surface area is 116 Å². The molecule has 2 saturated heterocycles. The number of aryl methyl sites for hydroxylation is 1. The standard InChI is InChI=1S/C13H18N6O/c1-9-16-17-12-11(15-3-4-19(9)12)18-6-10-7-20-5-2-13(10,14)8-18/h3-4,10H,2,5-8,14H2,1H3/t10-,13+/m1/s1. The Hall–Kier alpha value is -1.73. The highest BCUT2D eigenvalue weighted by Gasteiger charge is 2.46. The third kappa shape index (κ3) is 1.63. The monoisotopic (exact) mass is 274 g/mol. The van der Waals surface area contributed by atoms with Gasteiger partial charge in [0.05, 0.1) is 6.61 Å². The Morgan fingerprint density at radius 1 is 1.45 bits per heavy atom. The van der Waals surface area contributed by atoms with Gasteiger partial charge in [-0.05, 0) is 13.3 Å². The summed E-state index contributed by atoms with van der Waals surface area (Å²) >= 11 is 0. The van der Waals surface area contributed by atoms with Gasteiger partial charge in [0.1, 0.15) is 5.82 Å². The van der Waals surface area contributed by atoms with E-state index in [4.69, 9.17) is 10.5 Å². The van der Waals surface area contributed by atoms with Crippen LogP contribution in [-0.2, 0) is 4.74 Å². The minimum atomic E-state index is -0.165. The van der Waals surface area contributed by atoms with Gasteiger partial charge in [0, 0.05) is 43.5 Å². The van der Waals surface area contributed by atoms with E-state index in [1.54, 1.807) is 6.20 Å². The quantitative estimate of drug-likeness (QED) is 0.787. The molecule has 2 N–H and O–H groups in total. The van der Waals surface area contributed by atoms with E-state index in [9.17, 15) is 0 Å². The van der Waals surface area contributed by atoms with Crippen molar-refractivity contribution in [3.8, 4) is 0 Å². The maximum atomic E-state index is 6.55. The van der Waals surface area contributed by atoms with Gasteiger partial charge in [0.25, 0.3) is 0 Å². The van der Waals surface area contributed by atoms with Crippen molar-refractivity contribution in [2.45, 2.75) is 18.9 Å². The first-order valence-electron chi connectivity index (χ1n) is 6.95. The normalized spacial score (nSPS) is 29.9. The summed E-state index contributed by atoms with van der Waals surface area (Å²) < 4.78 is 7.53. The van der Waals surface area contributed by atoms with E-state index in [1.165, 1.54) is 0 Å². The largest absolute Gasteiger partial charge is 0.381 e. The Kier molecular flexibility index (Phi) is 2.49. The van der Waals surface area contributed by atoms with Crippen molar-refractivity contribution in [1.29, 1.82) is 0 Å². The lowest BCUT2D eigenvalue weighted by molar-refractivity contribution is 0.0241. The van der Waals surface area contributed by atoms with Crippen LogP contribution < -0.4 is 10.6 Å². The SMILES string of the molecule is Cc1nnc2c(N3C[C@@H]4COCC[C@]4(N)C3)nccn12. The second-order valence-electron chi connectivity index (χ2n) is 5.83. The molecule has 0 unspecified atom stereocenters. The molecule has 0 amide bonds. The number of anilines is 1. The van der Waals surface area contributed by atoms with Gasteiger partial charge < -0.3 is 15.4 Å². The van der Waals surface area contributed by atoms with Crippen LogP contribution in [0.25, 0.3) is 5.65 Å². The maximum absolute atomic E-state index is 6.55. The first kappa shape index (κ1) is 12.0. The minimum Gasteiger partial charge on any atom is -0.381 e. The lowest BCUT2D eigenvalue weighted by atomic mass is 9.84. The van der Waals surface area contributed by atoms with Crippen LogP contribution in [0.5, 0.6) is 0 Å². The van der Waals surface area contributed by atoms with Crippen LogP contribution in [0.3, 0.4) is 0 Å². The smallest absolute Gasteiger partial charge is 0.203 e. The fourth-order valence-corrected chi connectivity index (χ4v) is 3.30. The van der Waals surface area contributed by atoms with Crippen molar-refractivity contribution in [3.05, 3.63) is 18.2 Å². The zero-order chi connectivity index (χ0) is 13.7. The summed E-state index contributed by atoms with van der Waals surface area (Å²) in [5.74, 6) is 2.10. The number of aromatic nitrogens is 4. The van der Waals surface area contributed by atoms with E-state index < -0.39 is 0 Å². The summed E-state index contributed by atoms with van der Waals surface area (Å²) in [5.41, 5.74) is 7.18. The maximum Gasteiger partial charge on any atom is 0.203 e. The number of ether oxygens (including phenoxy) is 1. The van der Waals surface area contributed by atoms with Gasteiger partial charge in [-0.1, -0.05) is 0 Å². The molecule has 2 aromatic heterocycles. The molecule has 2 aromatic rings. The van der Waals surface area contributed by atoms with Gasteiger partial charge in [-0.2, -0.15) is 0 Å². The van der Waals surface area contributed by atoms with Crippen molar-refractivity contribution in [3.63, 3.8) is 0 Å². The van der Waals surface area contributed by atoms with E-state index in [1.807, 2.05) is 17.5 Å². The van der Waals surface area contributed by atoms with Crippen LogP contribution in [0.15, 0.2) is 12.4 Å². The van der Waals surface area contributed by atoms with Crippen LogP contribution in [0, 0.1) is 12.8 Å². The van der Waals surface area contributed by atoms with E-state index in [2.05, 4.69) is 20.1 Å². The molecule has 4 rings (SSSR count). The van der Waals surface area contributed by atoms with Crippen LogP contribution in [-0.4, -0.2) is 51.4 Å². The third-order valence-corrected chi connectivity index (χ3v) is 4.55. The van der Waals surface area contributed by atoms with Crippen molar-refractivity contribution in [2.24, 2.45) is 11.7 Å². The number of nitrogens with two attached hydrogens (primary N) is 1. The molecular weight excluding hydrogens is 256 g/mol. The Balaban J connectivity index is 1.74. The summed E-state index contributed by atoms with van der Waals surface area (Å²) in [6, 6.07) is 0. The molecule has 0 saturated carbocycles. The van der Waals surface area contributed by atoms with Crippen LogP contribution in [0.2, 0.25) is 0 Å². The highest BCUT2D eigenvalue weighted by atomic mass is 16.5. The number of rotatable bonds is 1. The highest BCUT2D eigenvalue weighted by Crippen LogP contribution is 2.35. The molecule has 0 bridgehead atoms. The summed E-state index contributed by atoms with van der Waals surface area (Å²) in [6.07, 6.45) is 4.59. The first-order valence-corrected chi connectivity index (χ1v) is 6.95. The van der Waals surface area contributed by atoms with Crippen molar-refractivity contribution < 1.29 is 4.74 Å². The van der Waals surface area contributed by atoms with Gasteiger partial charge >= 0.3 is 0 Å². The molecule has 0 aliphatic carbocycles. The van der Waals surface area contributed by atoms with Gasteiger partial charge in [-0.25, -0.2) is 4.98 Å². The topological polar surface area (TPSA) is 81.6 Å². The molecule has 4 heterocycles. The molecule has 2 fully saturated rings. The van der Waals surface area contributed by atoms with E-state index >= 15 is 0 Å². The predicted octanol–water partition coefficient (Wildman–Crippen LogP) is -0.0133. The molecule has 0 spiro atoms. The minimum absolute atomic E-state index is 0.165. The average molecular weight is 274 g/mol. The van der Waals surface area contributed by atoms with Gasteiger partial charge in [-0.3, -0.25) is 4.40 Å². The zero-order valence-electron chi connectivity index (χ0n) is 11.5. The highest BCUT2D eigenvalue weighted by molar-refractivity contribution is 5.64. The van der Waals surface area contributed by atoms with Gasteiger partial charge in [-0.15, -0.1) is 10.2 Å². The Morgan fingerprint density at radius 3 is 3.20 bits per heavy atom. The summed E-state index contributed by atoms with van der Waals surface area (Å²) in [7, 11) is 0. The Morgan fingerprint density at radius 2 is 2.35 bits per heavy atom. The molecule has 2 aliphatic rings. The molecule has 7 nitrogen and oxygen atoms in total. The predicted molar refractivity (Wildman–Crippen MR) is 73.6 cm³/mol. The molecule has 0 radical (unpaired) electrons. The molecule has 20 heavy (non-hydrogen) atoms. The number of hydrogen-bond acceptors (Lipinski definition) is 6. The van der Waals surface area contributed by atoms with Crippen molar-refractivity contribution in [1.82, 2.24) is 19.6 Å². The molecule has 106 valence electrons. The van der Waals surface area contributed by atoms with E-state index in [-0.39, 0.29) is 5.54 Å². The Bertz CT molecular complexity index is 655. The fourth-order valence-electron chi connectivity index (χ4n) is 3.30. The second-order valence-corrected chi connectivity index (χ2v) is 5.83. The average Bonchev–Trinajstić information content (AvgIpc) is 2.99. The number of hydrogen-bond donors (Lipinski definition) is 1. The van der Waals surface area contributed by atoms with Gasteiger partial charge in [0.15, 0.2) is 5.82 Å². The second kappa shape index (κ2) is 4.13. The molecular formula is C13H18N6O. The third-order valence-electron chi connectivity index (χ3n) is 4.55. The van der Waals surface area contributed by atoms with Crippen LogP contribution in [0.4, 0.5) is 5.82 Å². The summed E-state index contributed by atoms with van der Waals surface area (Å²) in [6.45, 7) is 5.10. The van der Waals surface area contributed by atoms with E-state index in [0.29, 0.717) is 5.92 Å². The van der Waals surface area contributed by atoms with Crippen LogP contribution in [0.1, 0.15) is 12.2 Å². The molecule has 0 aromatic carbocycles. The lowest BCUT2D eigenvalue weighted by Crippen LogP contribution is -2.52. The zero-order valence-corrected chi connectivity index (χ0v) is 11.5. The molecule has 2 atom stereocenters. The van der Waals surface area contributed by atoms with Crippen LogP contribution >= 0.6 is 0 Å². The number of fused-ring (bicyclic) bond motifs is 2. The lowest BCUT2D eigenvalue weighted by Gasteiger charge is -2.34. The summed E-state index contributed by atoms with van der Waals surface area (Å²) in [5, 5.41) is 8.37. The van der Waals surface area contributed by atoms with Gasteiger partial charge in [0.2, 0.25) is 5.65 Å². The van der Waals surface area contributed by atoms with Crippen molar-refractivity contribution in [2.75, 3.05) is 31.2 Å². The first-order chi connectivity index (χ1) is 9.67. The van der Waals surface area contributed by atoms with Crippen molar-refractivity contribution >= 4 is 11.5 Å². The molecule has 7 heteroatoms. The molecule has 2 aliphatic heterocycles. The summed E-state index contributed by atoms with van der Waals surface area (Å²) in [4.78, 5) is 6.72. The fraction of sp³-hybridized carbons (Fsp3) is 0.615.